The van der Waals surface area contributed by atoms with Gasteiger partial charge in [-0.1, -0.05) is 4.98 Å². The van der Waals surface area contributed by atoms with Gasteiger partial charge in [-0.05, 0) is 0 Å². The number of fused-ring (bicyclic) bond motifs is 2. The first-order valence-corrected chi connectivity index (χ1v) is 19.1. The van der Waals surface area contributed by atoms with Gasteiger partial charge in [-0.15, -0.1) is 4.86 Å². The maximum atomic E-state index is 12.6. The van der Waals surface area contributed by atoms with Crippen molar-refractivity contribution in [2.75, 3.05) is 24.7 Å². The molecule has 2 fully saturated rings. The molecule has 6 rings (SSSR count). The van der Waals surface area contributed by atoms with Gasteiger partial charge in [-0.2, -0.15) is 9.29 Å². The van der Waals surface area contributed by atoms with E-state index in [1.54, 1.807) is 0 Å². The molecule has 0 spiro atoms. The fraction of sp³-hybridized carbons (Fsp3) is 0.524. The standard InChI is InChI=1S/C21H30N11O17P3/c1-30-5-32(15-9(30)17(38)28-21(23)26-15)19-13(36)11(34)7(48-19)3-46-52(43,44)49-51(41,42)29-50(39,40)45-2-6-10(33)12(35)18(47-6)31-4-24-8-14(31)25-20(22)27-16(8)37/h4-7,10-13,18-19,33-36H,2-3H2,1H3,(H9-,22,23,25,26,27,28,29,37,38,39,40,41,42,43,44)/p+1/t6-,7-,10-,11-,12-,13-,18-,19-/m1/s1. The number of ether oxygens (including phenoxy) is 2. The quantitative estimate of drug-likeness (QED) is 0.0471. The Bertz CT molecular complexity index is 2280. The lowest BCUT2D eigenvalue weighted by Gasteiger charge is -2.22. The zero-order chi connectivity index (χ0) is 38.1. The molecule has 11 atom stereocenters. The summed E-state index contributed by atoms with van der Waals surface area (Å²) in [6.45, 7) is -2.09. The fourth-order valence-electron chi connectivity index (χ4n) is 5.49. The summed E-state index contributed by atoms with van der Waals surface area (Å²) in [5, 5.41) is 42.1. The van der Waals surface area contributed by atoms with Crippen LogP contribution in [-0.2, 0) is 43.6 Å². The lowest BCUT2D eigenvalue weighted by molar-refractivity contribution is -0.745. The largest absolute Gasteiger partial charge is 0.480 e. The van der Waals surface area contributed by atoms with Crippen LogP contribution in [0.4, 0.5) is 11.9 Å². The molecular weight excluding hydrogens is 771 g/mol. The van der Waals surface area contributed by atoms with Crippen molar-refractivity contribution in [3.8, 4) is 0 Å². The lowest BCUT2D eigenvalue weighted by atomic mass is 10.1. The van der Waals surface area contributed by atoms with Crippen molar-refractivity contribution in [1.82, 2.24) is 38.9 Å². The highest BCUT2D eigenvalue weighted by molar-refractivity contribution is 7.71. The highest BCUT2D eigenvalue weighted by Crippen LogP contribution is 2.62. The van der Waals surface area contributed by atoms with Crippen LogP contribution < -0.4 is 32.0 Å². The van der Waals surface area contributed by atoms with Crippen LogP contribution in [0.1, 0.15) is 12.5 Å². The molecule has 0 aliphatic carbocycles. The molecule has 31 heteroatoms. The second-order valence-electron chi connectivity index (χ2n) is 11.4. The molecule has 14 N–H and O–H groups in total. The molecule has 28 nitrogen and oxygen atoms in total. The van der Waals surface area contributed by atoms with Crippen molar-refractivity contribution < 1.29 is 76.2 Å². The number of aliphatic hydroxyl groups is 4. The van der Waals surface area contributed by atoms with Crippen molar-refractivity contribution in [2.24, 2.45) is 7.05 Å². The van der Waals surface area contributed by atoms with E-state index in [2.05, 4.69) is 38.3 Å². The number of anilines is 2. The number of phosphoric ester groups is 1. The number of nitrogen functional groups attached to an aromatic ring is 2. The van der Waals surface area contributed by atoms with Crippen molar-refractivity contribution in [1.29, 1.82) is 0 Å². The van der Waals surface area contributed by atoms with E-state index >= 15 is 0 Å². The van der Waals surface area contributed by atoms with E-state index in [4.69, 9.17) is 20.9 Å². The summed E-state index contributed by atoms with van der Waals surface area (Å²) in [5.41, 5.74) is 9.44. The van der Waals surface area contributed by atoms with Gasteiger partial charge >= 0.3 is 29.0 Å². The predicted octanol–water partition coefficient (Wildman–Crippen LogP) is -4.97. The summed E-state index contributed by atoms with van der Waals surface area (Å²) in [6, 6.07) is 0. The molecule has 52 heavy (non-hydrogen) atoms. The van der Waals surface area contributed by atoms with Gasteiger partial charge < -0.3 is 56.0 Å². The smallest absolute Gasteiger partial charge is 0.387 e. The van der Waals surface area contributed by atoms with E-state index in [1.165, 1.54) is 17.9 Å². The van der Waals surface area contributed by atoms with E-state index in [9.17, 15) is 58.4 Å². The number of aromatic amines is 2. The third kappa shape index (κ3) is 7.46. The van der Waals surface area contributed by atoms with Crippen molar-refractivity contribution in [3.05, 3.63) is 33.4 Å². The number of nitrogens with zero attached hydrogens (tertiary/aromatic N) is 6. The van der Waals surface area contributed by atoms with Gasteiger partial charge in [0.05, 0.1) is 26.6 Å². The molecular formula is C21H31N11O17P3+. The Balaban J connectivity index is 1.05. The summed E-state index contributed by atoms with van der Waals surface area (Å²) in [6.07, 6.45) is -10.8. The number of imidazole rings is 2. The van der Waals surface area contributed by atoms with Gasteiger partial charge in [-0.3, -0.25) is 37.7 Å². The fourth-order valence-corrected chi connectivity index (χ4v) is 9.47. The minimum absolute atomic E-state index is 0.0168. The normalized spacial score (nSPS) is 30.1. The highest BCUT2D eigenvalue weighted by Gasteiger charge is 2.49. The van der Waals surface area contributed by atoms with Gasteiger partial charge in [0.25, 0.3) is 17.1 Å². The molecule has 0 saturated carbocycles. The average molecular weight is 802 g/mol. The molecule has 6 heterocycles. The third-order valence-electron chi connectivity index (χ3n) is 7.75. The van der Waals surface area contributed by atoms with Crippen LogP contribution in [0.5, 0.6) is 0 Å². The van der Waals surface area contributed by atoms with E-state index in [-0.39, 0.29) is 34.2 Å². The van der Waals surface area contributed by atoms with E-state index in [1.807, 2.05) is 0 Å². The molecule has 2 saturated heterocycles. The van der Waals surface area contributed by atoms with Crippen molar-refractivity contribution in [2.45, 2.75) is 49.1 Å². The Morgan fingerprint density at radius 1 is 0.904 bits per heavy atom. The van der Waals surface area contributed by atoms with Crippen LogP contribution in [0.3, 0.4) is 0 Å². The van der Waals surface area contributed by atoms with Crippen LogP contribution in [0.2, 0.25) is 0 Å². The average Bonchev–Trinajstić information content (AvgIpc) is 3.74. The number of aryl methyl sites for hydroxylation is 1. The molecule has 0 amide bonds. The van der Waals surface area contributed by atoms with Crippen LogP contribution >= 0.6 is 23.3 Å². The highest BCUT2D eigenvalue weighted by atomic mass is 31.3. The summed E-state index contributed by atoms with van der Waals surface area (Å²) in [4.78, 5) is 72.0. The molecule has 0 aromatic carbocycles. The summed E-state index contributed by atoms with van der Waals surface area (Å²) in [7, 11) is -15.3. The van der Waals surface area contributed by atoms with E-state index in [0.29, 0.717) is 0 Å². The summed E-state index contributed by atoms with van der Waals surface area (Å²) >= 11 is 0. The minimum atomic E-state index is -5.75. The topological polar surface area (TPSA) is 421 Å². The van der Waals surface area contributed by atoms with Gasteiger partial charge in [0, 0.05) is 0 Å². The molecule has 0 radical (unpaired) electrons. The number of nitrogens with two attached hydrogens (primary N) is 2. The zero-order valence-corrected chi connectivity index (χ0v) is 28.8. The third-order valence-corrected chi connectivity index (χ3v) is 12.5. The Morgan fingerprint density at radius 2 is 1.52 bits per heavy atom. The molecule has 4 aromatic rings. The Morgan fingerprint density at radius 3 is 2.23 bits per heavy atom. The SMILES string of the molecule is Cn1c[n+]([C@@H]2O[C@H](COP(=O)(O)OP(=O)(O)NP(=O)(O)OC[C@H]3O[C@@H](n4cnc5c(=O)[nH]c(N)nc54)[C@H](O)[C@@H]3O)[C@@H](O)[C@H]2O)c2nc(N)[nH]c(=O)c21. The van der Waals surface area contributed by atoms with Crippen LogP contribution in [0, 0.1) is 0 Å². The number of aliphatic hydroxyl groups excluding tert-OH is 4. The number of nitrogens with one attached hydrogen (secondary N) is 3. The second-order valence-corrected chi connectivity index (χ2v) is 16.4. The van der Waals surface area contributed by atoms with Gasteiger partial charge in [-0.25, -0.2) is 23.2 Å². The van der Waals surface area contributed by atoms with Gasteiger partial charge in [0.1, 0.15) is 36.6 Å². The van der Waals surface area contributed by atoms with Crippen molar-refractivity contribution in [3.63, 3.8) is 0 Å². The molecule has 4 aromatic heterocycles. The van der Waals surface area contributed by atoms with Crippen molar-refractivity contribution >= 4 is 57.5 Å². The maximum absolute atomic E-state index is 12.6. The van der Waals surface area contributed by atoms with E-state index < -0.39 is 96.7 Å². The summed E-state index contributed by atoms with van der Waals surface area (Å²) in [5.74, 6) is -0.576. The second kappa shape index (κ2) is 13.7. The molecule has 286 valence electrons. The van der Waals surface area contributed by atoms with Gasteiger partial charge in [0.2, 0.25) is 17.7 Å². The Labute approximate surface area is 286 Å². The number of hydrogen-bond donors (Lipinski definition) is 12. The Kier molecular flexibility index (Phi) is 10.1. The number of H-pyrrole nitrogens is 2. The van der Waals surface area contributed by atoms with Crippen LogP contribution in [-0.4, -0.2) is 119 Å². The number of phosphoric acid groups is 1. The number of hydrogen-bond acceptors (Lipinski definition) is 19. The molecule has 2 aliphatic heterocycles. The Hall–Kier alpha value is -3.53. The molecule has 3 unspecified atom stereocenters. The maximum Gasteiger partial charge on any atom is 0.480 e. The molecule has 2 aliphatic rings. The first-order chi connectivity index (χ1) is 24.2. The monoisotopic (exact) mass is 802 g/mol. The zero-order valence-electron chi connectivity index (χ0n) is 26.1. The van der Waals surface area contributed by atoms with Gasteiger partial charge in [0.15, 0.2) is 23.7 Å². The lowest BCUT2D eigenvalue weighted by Crippen LogP contribution is -2.46. The molecule has 0 bridgehead atoms. The first kappa shape index (κ1) is 38.2. The van der Waals surface area contributed by atoms with Crippen LogP contribution in [0.25, 0.3) is 22.3 Å². The number of aromatic nitrogens is 8. The van der Waals surface area contributed by atoms with E-state index in [0.717, 1.165) is 20.3 Å². The first-order valence-electron chi connectivity index (χ1n) is 14.5. The predicted molar refractivity (Wildman–Crippen MR) is 166 cm³/mol. The number of rotatable bonds is 12. The van der Waals surface area contributed by atoms with Crippen LogP contribution in [0.15, 0.2) is 22.2 Å². The summed E-state index contributed by atoms with van der Waals surface area (Å²) < 4.78 is 65.7. The minimum Gasteiger partial charge on any atom is -0.387 e.